The van der Waals surface area contributed by atoms with Crippen molar-refractivity contribution in [2.45, 2.75) is 25.2 Å². The highest BCUT2D eigenvalue weighted by Crippen LogP contribution is 2.28. The van der Waals surface area contributed by atoms with Gasteiger partial charge in [-0.25, -0.2) is 0 Å². The van der Waals surface area contributed by atoms with E-state index in [0.29, 0.717) is 5.56 Å². The number of hydrogen-bond donors (Lipinski definition) is 3. The number of nitrogens with one attached hydrogen (secondary N) is 1. The van der Waals surface area contributed by atoms with E-state index in [1.165, 1.54) is 12.1 Å². The van der Waals surface area contributed by atoms with Crippen LogP contribution in [0.2, 0.25) is 0 Å². The lowest BCUT2D eigenvalue weighted by Crippen LogP contribution is -2.41. The molecule has 0 saturated carbocycles. The molecule has 0 fully saturated rings. The molecule has 1 aromatic rings. The molecular formula is C12H13F3N2O3. The zero-order valence-corrected chi connectivity index (χ0v) is 10.3. The number of aliphatic carboxylic acids is 1. The smallest absolute Gasteiger partial charge is 0.416 e. The number of carbonyl (C=O) groups is 2. The fourth-order valence-corrected chi connectivity index (χ4v) is 1.41. The summed E-state index contributed by atoms with van der Waals surface area (Å²) in [6.07, 6.45) is -4.93. The minimum Gasteiger partial charge on any atom is -0.481 e. The molecule has 1 unspecified atom stereocenters. The second-order valence-electron chi connectivity index (χ2n) is 4.12. The van der Waals surface area contributed by atoms with Crippen LogP contribution < -0.4 is 11.1 Å². The Hall–Kier alpha value is -2.09. The molecule has 0 aromatic heterocycles. The number of nitrogens with two attached hydrogens (primary N) is 1. The van der Waals surface area contributed by atoms with Crippen LogP contribution in [0, 0.1) is 0 Å². The highest BCUT2D eigenvalue weighted by atomic mass is 19.4. The molecule has 5 nitrogen and oxygen atoms in total. The van der Waals surface area contributed by atoms with Gasteiger partial charge in [0.15, 0.2) is 0 Å². The van der Waals surface area contributed by atoms with Crippen LogP contribution in [-0.4, -0.2) is 23.0 Å². The molecule has 0 aliphatic carbocycles. The summed E-state index contributed by atoms with van der Waals surface area (Å²) in [5, 5.41) is 10.8. The average Bonchev–Trinajstić information content (AvgIpc) is 2.34. The van der Waals surface area contributed by atoms with Crippen molar-refractivity contribution in [3.05, 3.63) is 35.4 Å². The van der Waals surface area contributed by atoms with E-state index in [1.807, 2.05) is 0 Å². The average molecular weight is 290 g/mol. The predicted octanol–water partition coefficient (Wildman–Crippen LogP) is 1.12. The number of rotatable bonds is 5. The summed E-state index contributed by atoms with van der Waals surface area (Å²) in [4.78, 5) is 21.8. The molecule has 0 heterocycles. The molecule has 0 aliphatic rings. The second-order valence-corrected chi connectivity index (χ2v) is 4.12. The van der Waals surface area contributed by atoms with Gasteiger partial charge in [-0.05, 0) is 17.7 Å². The first-order chi connectivity index (χ1) is 9.20. The van der Waals surface area contributed by atoms with Gasteiger partial charge in [0.2, 0.25) is 5.91 Å². The normalized spacial score (nSPS) is 12.8. The van der Waals surface area contributed by atoms with Crippen molar-refractivity contribution in [2.24, 2.45) is 5.73 Å². The first-order valence-electron chi connectivity index (χ1n) is 5.61. The number of alkyl halides is 3. The molecule has 0 bridgehead atoms. The minimum atomic E-state index is -4.41. The summed E-state index contributed by atoms with van der Waals surface area (Å²) in [6, 6.07) is 3.07. The third-order valence-electron chi connectivity index (χ3n) is 2.48. The van der Waals surface area contributed by atoms with Gasteiger partial charge >= 0.3 is 12.1 Å². The highest BCUT2D eigenvalue weighted by Gasteiger charge is 2.29. The van der Waals surface area contributed by atoms with Crippen molar-refractivity contribution >= 4 is 11.9 Å². The fourth-order valence-electron chi connectivity index (χ4n) is 1.41. The van der Waals surface area contributed by atoms with Crippen molar-refractivity contribution in [2.75, 3.05) is 0 Å². The minimum absolute atomic E-state index is 0.0235. The van der Waals surface area contributed by atoms with Crippen LogP contribution in [0.25, 0.3) is 0 Å². The van der Waals surface area contributed by atoms with Crippen molar-refractivity contribution in [1.29, 1.82) is 0 Å². The molecule has 4 N–H and O–H groups in total. The maximum Gasteiger partial charge on any atom is 0.416 e. The lowest BCUT2D eigenvalue weighted by Gasteiger charge is -2.11. The summed E-state index contributed by atoms with van der Waals surface area (Å²) >= 11 is 0. The maximum absolute atomic E-state index is 12.3. The van der Waals surface area contributed by atoms with E-state index >= 15 is 0 Å². The number of carboxylic acids is 1. The molecule has 1 aromatic carbocycles. The zero-order chi connectivity index (χ0) is 15.3. The standard InChI is InChI=1S/C12H13F3N2O3/c13-12(14,15)8-3-1-7(2-4-8)6-17-11(20)9(16)5-10(18)19/h1-4,9H,5-6,16H2,(H,17,20)(H,18,19). The summed E-state index contributed by atoms with van der Waals surface area (Å²) in [6.45, 7) is -0.0235. The Bertz CT molecular complexity index is 486. The lowest BCUT2D eigenvalue weighted by molar-refractivity contribution is -0.139. The third-order valence-corrected chi connectivity index (χ3v) is 2.48. The molecule has 8 heteroatoms. The summed E-state index contributed by atoms with van der Waals surface area (Å²) in [5.41, 5.74) is 4.99. The van der Waals surface area contributed by atoms with Crippen LogP contribution in [0.15, 0.2) is 24.3 Å². The molecule has 1 rings (SSSR count). The van der Waals surface area contributed by atoms with Gasteiger partial charge in [-0.2, -0.15) is 13.2 Å². The molecular weight excluding hydrogens is 277 g/mol. The summed E-state index contributed by atoms with van der Waals surface area (Å²) < 4.78 is 37.0. The number of benzene rings is 1. The topological polar surface area (TPSA) is 92.4 Å². The Labute approximate surface area is 112 Å². The quantitative estimate of drug-likeness (QED) is 0.757. The van der Waals surface area contributed by atoms with Gasteiger partial charge in [0.05, 0.1) is 18.0 Å². The highest BCUT2D eigenvalue weighted by molar-refractivity contribution is 5.85. The molecule has 110 valence electrons. The van der Waals surface area contributed by atoms with Gasteiger partial charge < -0.3 is 16.2 Å². The Morgan fingerprint density at radius 1 is 1.25 bits per heavy atom. The first-order valence-corrected chi connectivity index (χ1v) is 5.61. The van der Waals surface area contributed by atoms with Gasteiger partial charge in [0, 0.05) is 6.54 Å². The van der Waals surface area contributed by atoms with Gasteiger partial charge in [-0.1, -0.05) is 12.1 Å². The van der Waals surface area contributed by atoms with Crippen LogP contribution in [0.5, 0.6) is 0 Å². The van der Waals surface area contributed by atoms with E-state index in [9.17, 15) is 22.8 Å². The van der Waals surface area contributed by atoms with Crippen molar-refractivity contribution in [1.82, 2.24) is 5.32 Å². The number of hydrogen-bond acceptors (Lipinski definition) is 3. The SMILES string of the molecule is NC(CC(=O)O)C(=O)NCc1ccc(C(F)(F)F)cc1. The van der Waals surface area contributed by atoms with E-state index in [2.05, 4.69) is 5.32 Å². The largest absolute Gasteiger partial charge is 0.481 e. The number of carbonyl (C=O) groups excluding carboxylic acids is 1. The Morgan fingerprint density at radius 2 is 1.80 bits per heavy atom. The zero-order valence-electron chi connectivity index (χ0n) is 10.3. The van der Waals surface area contributed by atoms with Gasteiger partial charge in [0.1, 0.15) is 0 Å². The molecule has 0 aliphatic heterocycles. The number of halogens is 3. The van der Waals surface area contributed by atoms with Crippen LogP contribution in [0.3, 0.4) is 0 Å². The van der Waals surface area contributed by atoms with Crippen LogP contribution in [-0.2, 0) is 22.3 Å². The predicted molar refractivity (Wildman–Crippen MR) is 63.5 cm³/mol. The van der Waals surface area contributed by atoms with Crippen LogP contribution >= 0.6 is 0 Å². The summed E-state index contributed by atoms with van der Waals surface area (Å²) in [5.74, 6) is -1.88. The Balaban J connectivity index is 2.54. The molecule has 0 spiro atoms. The van der Waals surface area contributed by atoms with Crippen molar-refractivity contribution in [3.8, 4) is 0 Å². The fraction of sp³-hybridized carbons (Fsp3) is 0.333. The molecule has 0 radical (unpaired) electrons. The summed E-state index contributed by atoms with van der Waals surface area (Å²) in [7, 11) is 0. The van der Waals surface area contributed by atoms with Gasteiger partial charge in [0.25, 0.3) is 0 Å². The maximum atomic E-state index is 12.3. The van der Waals surface area contributed by atoms with Crippen molar-refractivity contribution in [3.63, 3.8) is 0 Å². The van der Waals surface area contributed by atoms with Crippen molar-refractivity contribution < 1.29 is 27.9 Å². The van der Waals surface area contributed by atoms with Gasteiger partial charge in [-0.3, -0.25) is 9.59 Å². The van der Waals surface area contributed by atoms with Crippen LogP contribution in [0.1, 0.15) is 17.5 Å². The lowest BCUT2D eigenvalue weighted by atomic mass is 10.1. The van der Waals surface area contributed by atoms with E-state index in [0.717, 1.165) is 12.1 Å². The monoisotopic (exact) mass is 290 g/mol. The second kappa shape index (κ2) is 6.38. The molecule has 0 saturated heterocycles. The molecule has 1 atom stereocenters. The molecule has 20 heavy (non-hydrogen) atoms. The number of carboxylic acid groups (broad SMARTS) is 1. The number of amides is 1. The van der Waals surface area contributed by atoms with E-state index in [4.69, 9.17) is 10.8 Å². The van der Waals surface area contributed by atoms with E-state index < -0.39 is 36.1 Å². The van der Waals surface area contributed by atoms with E-state index in [1.54, 1.807) is 0 Å². The Morgan fingerprint density at radius 3 is 2.25 bits per heavy atom. The van der Waals surface area contributed by atoms with E-state index in [-0.39, 0.29) is 6.54 Å². The Kier molecular flexibility index (Phi) is 5.09. The third kappa shape index (κ3) is 4.88. The van der Waals surface area contributed by atoms with Gasteiger partial charge in [-0.15, -0.1) is 0 Å². The molecule has 1 amide bonds. The van der Waals surface area contributed by atoms with Crippen LogP contribution in [0.4, 0.5) is 13.2 Å². The first kappa shape index (κ1) is 16.0.